The molecule has 1 spiro atoms. The molecule has 7 heteroatoms. The van der Waals surface area contributed by atoms with Gasteiger partial charge in [0.25, 0.3) is 11.8 Å². The van der Waals surface area contributed by atoms with Gasteiger partial charge < -0.3 is 14.9 Å². The van der Waals surface area contributed by atoms with Crippen molar-refractivity contribution in [3.63, 3.8) is 0 Å². The van der Waals surface area contributed by atoms with Crippen LogP contribution in [0.1, 0.15) is 51.1 Å². The average Bonchev–Trinajstić information content (AvgIpc) is 3.31. The Hall–Kier alpha value is -3.16. The first kappa shape index (κ1) is 20.2. The first-order chi connectivity index (χ1) is 16.4. The van der Waals surface area contributed by atoms with Gasteiger partial charge in [-0.05, 0) is 56.0 Å². The second-order valence-corrected chi connectivity index (χ2v) is 10.3. The number of fused-ring (bicyclic) bond motifs is 1. The number of phenols is 1. The molecule has 2 fully saturated rings. The van der Waals surface area contributed by atoms with E-state index in [0.29, 0.717) is 49.1 Å². The molecule has 3 heterocycles. The average molecular weight is 459 g/mol. The lowest BCUT2D eigenvalue weighted by Crippen LogP contribution is -2.78. The standard InChI is InChI=1S/C27H26N2O5/c1-2-12-28-13-11-26-21-15-7-8-19(30)22(21)34-23(26)18(9-10-27(26,33)20(28)14-15)29-24(31)16-5-3-4-6-17(16)25(29)32/h2-8,18,20,23,30,33H,1,9-14H2/t18-,20+,23+,26+,27-/m1/s1. The summed E-state index contributed by atoms with van der Waals surface area (Å²) in [5, 5.41) is 23.2. The van der Waals surface area contributed by atoms with E-state index in [-0.39, 0.29) is 23.6 Å². The molecule has 7 rings (SSSR count). The molecule has 0 aromatic heterocycles. The minimum Gasteiger partial charge on any atom is -0.504 e. The number of aliphatic hydroxyl groups is 1. The third-order valence-corrected chi connectivity index (χ3v) is 9.06. The molecule has 3 aliphatic heterocycles. The molecule has 2 aromatic carbocycles. The van der Waals surface area contributed by atoms with Crippen LogP contribution in [0.5, 0.6) is 11.5 Å². The number of benzene rings is 2. The summed E-state index contributed by atoms with van der Waals surface area (Å²) >= 11 is 0. The number of carbonyl (C=O) groups excluding carboxylic acids is 2. The van der Waals surface area contributed by atoms with E-state index in [1.165, 1.54) is 4.90 Å². The zero-order chi connectivity index (χ0) is 23.4. The Bertz CT molecular complexity index is 1250. The molecule has 1 saturated carbocycles. The number of aromatic hydroxyl groups is 1. The molecule has 2 N–H and O–H groups in total. The number of phenolic OH excluding ortho intramolecular Hbond substituents is 1. The zero-order valence-electron chi connectivity index (χ0n) is 18.7. The lowest BCUT2D eigenvalue weighted by molar-refractivity contribution is -0.194. The van der Waals surface area contributed by atoms with Crippen molar-refractivity contribution in [1.82, 2.24) is 9.80 Å². The Balaban J connectivity index is 1.40. The molecule has 2 amide bonds. The molecule has 2 aliphatic carbocycles. The number of carbonyl (C=O) groups is 2. The van der Waals surface area contributed by atoms with Gasteiger partial charge in [0.1, 0.15) is 6.10 Å². The van der Waals surface area contributed by atoms with E-state index in [2.05, 4.69) is 11.5 Å². The number of imide groups is 1. The maximum Gasteiger partial charge on any atom is 0.261 e. The van der Waals surface area contributed by atoms with Gasteiger partial charge in [0.05, 0.1) is 28.2 Å². The molecular weight excluding hydrogens is 432 g/mol. The molecule has 5 aliphatic rings. The van der Waals surface area contributed by atoms with E-state index in [1.54, 1.807) is 30.3 Å². The van der Waals surface area contributed by atoms with Crippen LogP contribution in [0, 0.1) is 0 Å². The molecule has 0 unspecified atom stereocenters. The number of ether oxygens (including phenoxy) is 1. The van der Waals surface area contributed by atoms with E-state index >= 15 is 0 Å². The lowest BCUT2D eigenvalue weighted by Gasteiger charge is -2.64. The SMILES string of the molecule is C=CCN1CC[C@]23c4c5ccc(O)c4O[C@H]2[C@H](N2C(=O)c4ccccc4C2=O)CC[C@@]3(O)[C@@H]1C5. The van der Waals surface area contributed by atoms with E-state index in [0.717, 1.165) is 17.7 Å². The maximum absolute atomic E-state index is 13.4. The monoisotopic (exact) mass is 458 g/mol. The molecule has 1 saturated heterocycles. The second-order valence-electron chi connectivity index (χ2n) is 10.3. The van der Waals surface area contributed by atoms with Gasteiger partial charge in [-0.3, -0.25) is 19.4 Å². The van der Waals surface area contributed by atoms with Crippen molar-refractivity contribution < 1.29 is 24.5 Å². The van der Waals surface area contributed by atoms with Crippen molar-refractivity contribution >= 4 is 11.8 Å². The summed E-state index contributed by atoms with van der Waals surface area (Å²) in [7, 11) is 0. The molecule has 2 bridgehead atoms. The zero-order valence-corrected chi connectivity index (χ0v) is 18.7. The summed E-state index contributed by atoms with van der Waals surface area (Å²) in [4.78, 5) is 30.4. The van der Waals surface area contributed by atoms with Crippen LogP contribution in [-0.2, 0) is 11.8 Å². The van der Waals surface area contributed by atoms with Gasteiger partial charge in [0, 0.05) is 18.2 Å². The van der Waals surface area contributed by atoms with Crippen LogP contribution in [0.15, 0.2) is 49.1 Å². The summed E-state index contributed by atoms with van der Waals surface area (Å²) < 4.78 is 6.50. The van der Waals surface area contributed by atoms with Crippen LogP contribution in [0.25, 0.3) is 0 Å². The Labute approximate surface area is 197 Å². The molecule has 5 atom stereocenters. The molecule has 0 radical (unpaired) electrons. The molecular formula is C27H26N2O5. The normalized spacial score (nSPS) is 35.1. The van der Waals surface area contributed by atoms with Crippen molar-refractivity contribution in [1.29, 1.82) is 0 Å². The van der Waals surface area contributed by atoms with Crippen LogP contribution in [0.4, 0.5) is 0 Å². The summed E-state index contributed by atoms with van der Waals surface area (Å²) in [6.07, 6.45) is 3.40. The Kier molecular flexibility index (Phi) is 3.86. The summed E-state index contributed by atoms with van der Waals surface area (Å²) in [5.41, 5.74) is 0.854. The first-order valence-electron chi connectivity index (χ1n) is 12.0. The van der Waals surface area contributed by atoms with Gasteiger partial charge in [-0.15, -0.1) is 6.58 Å². The molecule has 2 aromatic rings. The van der Waals surface area contributed by atoms with Crippen molar-refractivity contribution in [2.24, 2.45) is 0 Å². The van der Waals surface area contributed by atoms with E-state index in [9.17, 15) is 19.8 Å². The third-order valence-electron chi connectivity index (χ3n) is 9.06. The summed E-state index contributed by atoms with van der Waals surface area (Å²) in [5.74, 6) is -0.182. The first-order valence-corrected chi connectivity index (χ1v) is 12.0. The summed E-state index contributed by atoms with van der Waals surface area (Å²) in [6, 6.07) is 9.82. The number of hydrogen-bond donors (Lipinski definition) is 2. The predicted octanol–water partition coefficient (Wildman–Crippen LogP) is 2.40. The highest BCUT2D eigenvalue weighted by Crippen LogP contribution is 2.66. The maximum atomic E-state index is 13.4. The van der Waals surface area contributed by atoms with Crippen LogP contribution in [-0.4, -0.2) is 68.7 Å². The van der Waals surface area contributed by atoms with Crippen LogP contribution in [0.2, 0.25) is 0 Å². The van der Waals surface area contributed by atoms with Crippen molar-refractivity contribution in [3.8, 4) is 11.5 Å². The fourth-order valence-corrected chi connectivity index (χ4v) is 7.76. The fourth-order valence-electron chi connectivity index (χ4n) is 7.76. The number of piperidine rings is 1. The quantitative estimate of drug-likeness (QED) is 0.542. The molecule has 34 heavy (non-hydrogen) atoms. The lowest BCUT2D eigenvalue weighted by atomic mass is 9.48. The Morgan fingerprint density at radius 1 is 1.12 bits per heavy atom. The molecule has 174 valence electrons. The Morgan fingerprint density at radius 3 is 2.56 bits per heavy atom. The van der Waals surface area contributed by atoms with E-state index < -0.39 is 23.2 Å². The fraction of sp³-hybridized carbons (Fsp3) is 0.407. The molecule has 7 nitrogen and oxygen atoms in total. The predicted molar refractivity (Wildman–Crippen MR) is 123 cm³/mol. The largest absolute Gasteiger partial charge is 0.504 e. The summed E-state index contributed by atoms with van der Waals surface area (Å²) in [6.45, 7) is 5.32. The van der Waals surface area contributed by atoms with Gasteiger partial charge in [-0.2, -0.15) is 0 Å². The van der Waals surface area contributed by atoms with Gasteiger partial charge in [0.15, 0.2) is 11.5 Å². The number of nitrogens with zero attached hydrogens (tertiary/aromatic N) is 2. The highest BCUT2D eigenvalue weighted by molar-refractivity contribution is 6.21. The van der Waals surface area contributed by atoms with E-state index in [4.69, 9.17) is 4.74 Å². The minimum absolute atomic E-state index is 0.0398. The number of amides is 2. The van der Waals surface area contributed by atoms with Gasteiger partial charge in [-0.25, -0.2) is 0 Å². The highest BCUT2D eigenvalue weighted by Gasteiger charge is 2.74. The third kappa shape index (κ3) is 2.11. The number of rotatable bonds is 3. The second kappa shape index (κ2) is 6.49. The number of likely N-dealkylation sites (tertiary alicyclic amines) is 1. The van der Waals surface area contributed by atoms with Crippen LogP contribution < -0.4 is 4.74 Å². The topological polar surface area (TPSA) is 90.3 Å². The van der Waals surface area contributed by atoms with Crippen molar-refractivity contribution in [2.45, 2.75) is 54.9 Å². The van der Waals surface area contributed by atoms with E-state index in [1.807, 2.05) is 12.1 Å². The highest BCUT2D eigenvalue weighted by atomic mass is 16.5. The number of hydrogen-bond acceptors (Lipinski definition) is 6. The van der Waals surface area contributed by atoms with Crippen molar-refractivity contribution in [3.05, 3.63) is 71.3 Å². The Morgan fingerprint density at radius 2 is 1.85 bits per heavy atom. The van der Waals surface area contributed by atoms with Crippen molar-refractivity contribution in [2.75, 3.05) is 13.1 Å². The van der Waals surface area contributed by atoms with Gasteiger partial charge >= 0.3 is 0 Å². The van der Waals surface area contributed by atoms with Crippen LogP contribution >= 0.6 is 0 Å². The smallest absolute Gasteiger partial charge is 0.261 e. The minimum atomic E-state index is -1.10. The van der Waals surface area contributed by atoms with Gasteiger partial charge in [0.2, 0.25) is 0 Å². The van der Waals surface area contributed by atoms with Crippen LogP contribution in [0.3, 0.4) is 0 Å². The van der Waals surface area contributed by atoms with Gasteiger partial charge in [-0.1, -0.05) is 24.3 Å².